The van der Waals surface area contributed by atoms with Gasteiger partial charge in [-0.3, -0.25) is 18.9 Å². The van der Waals surface area contributed by atoms with Gasteiger partial charge in [0.05, 0.1) is 12.5 Å². The van der Waals surface area contributed by atoms with Crippen molar-refractivity contribution in [3.05, 3.63) is 0 Å². The highest BCUT2D eigenvalue weighted by Gasteiger charge is 2.60. The molecular weight excluding hydrogens is 480 g/mol. The van der Waals surface area contributed by atoms with E-state index in [0.717, 1.165) is 25.7 Å². The van der Waals surface area contributed by atoms with E-state index in [-0.39, 0.29) is 25.7 Å². The van der Waals surface area contributed by atoms with E-state index in [4.69, 9.17) is 10.5 Å². The predicted molar refractivity (Wildman–Crippen MR) is 128 cm³/mol. The number of primary amides is 1. The first-order valence-electron chi connectivity index (χ1n) is 12.4. The molecule has 1 heterocycles. The Balaban J connectivity index is 2.79. The zero-order valence-corrected chi connectivity index (χ0v) is 21.6. The summed E-state index contributed by atoms with van der Waals surface area (Å²) in [5, 5.41) is 7.66. The van der Waals surface area contributed by atoms with Crippen LogP contribution in [0.1, 0.15) is 90.9 Å². The molecule has 0 saturated carbocycles. The maximum absolute atomic E-state index is 12.9. The summed E-state index contributed by atoms with van der Waals surface area (Å²) < 4.78 is 38.5. The highest BCUT2D eigenvalue weighted by molar-refractivity contribution is 7.87. The molecule has 202 valence electrons. The number of piperidine rings is 1. The van der Waals surface area contributed by atoms with Crippen LogP contribution >= 0.6 is 0 Å². The third-order valence-electron chi connectivity index (χ3n) is 6.44. The molecule has 1 fully saturated rings. The lowest BCUT2D eigenvalue weighted by Gasteiger charge is -2.43. The van der Waals surface area contributed by atoms with Gasteiger partial charge in [0.1, 0.15) is 0 Å². The molecule has 1 aliphatic rings. The van der Waals surface area contributed by atoms with Crippen LogP contribution < -0.4 is 5.73 Å². The molecular formula is C23H40N2O9S. The van der Waals surface area contributed by atoms with Crippen LogP contribution in [0.2, 0.25) is 0 Å². The topological polar surface area (TPSA) is 181 Å². The Labute approximate surface area is 207 Å². The highest BCUT2D eigenvalue weighted by Crippen LogP contribution is 2.32. The van der Waals surface area contributed by atoms with Crippen LogP contribution in [-0.2, 0) is 34.0 Å². The van der Waals surface area contributed by atoms with Gasteiger partial charge in [-0.1, -0.05) is 58.8 Å². The van der Waals surface area contributed by atoms with Gasteiger partial charge in [-0.05, 0) is 19.3 Å². The first-order chi connectivity index (χ1) is 16.4. The fourth-order valence-corrected chi connectivity index (χ4v) is 5.18. The van der Waals surface area contributed by atoms with Crippen molar-refractivity contribution in [2.24, 2.45) is 5.73 Å². The van der Waals surface area contributed by atoms with Crippen LogP contribution in [0, 0.1) is 0 Å². The summed E-state index contributed by atoms with van der Waals surface area (Å²) in [4.78, 5) is 49.8. The summed E-state index contributed by atoms with van der Waals surface area (Å²) >= 11 is 0. The third-order valence-corrected chi connectivity index (χ3v) is 7.53. The number of hydrogen-bond donors (Lipinski definition) is 3. The van der Waals surface area contributed by atoms with E-state index < -0.39 is 57.3 Å². The monoisotopic (exact) mass is 520 g/mol. The molecule has 11 nitrogen and oxygen atoms in total. The Morgan fingerprint density at radius 3 is 2.23 bits per heavy atom. The second kappa shape index (κ2) is 14.5. The van der Waals surface area contributed by atoms with Gasteiger partial charge in [-0.25, -0.2) is 4.79 Å². The van der Waals surface area contributed by atoms with Crippen molar-refractivity contribution >= 4 is 33.7 Å². The first-order valence-corrected chi connectivity index (χ1v) is 13.9. The molecule has 0 aromatic rings. The van der Waals surface area contributed by atoms with Crippen LogP contribution in [0.25, 0.3) is 0 Å². The molecule has 0 spiro atoms. The smallest absolute Gasteiger partial charge is 0.338 e. The number of rotatable bonds is 18. The number of Topliss-reactive ketones (excluding diaryl/α,β-unsaturated/α-hetero) is 1. The van der Waals surface area contributed by atoms with Crippen molar-refractivity contribution in [3.63, 3.8) is 0 Å². The number of ketones is 1. The van der Waals surface area contributed by atoms with E-state index in [0.29, 0.717) is 4.90 Å². The van der Waals surface area contributed by atoms with Crippen LogP contribution in [0.5, 0.6) is 0 Å². The number of ether oxygens (including phenoxy) is 1. The SMILES string of the molecule is CCCCCCCCCC(CC)OCCCN1C(=O)C(S(=O)(=O)O)CC(=O)[C@]1(CC(N)=O)C(=O)O. The molecule has 35 heavy (non-hydrogen) atoms. The Kier molecular flexibility index (Phi) is 12.8. The highest BCUT2D eigenvalue weighted by atomic mass is 32.2. The number of aliphatic carboxylic acids is 1. The van der Waals surface area contributed by atoms with Gasteiger partial charge in [-0.2, -0.15) is 8.42 Å². The second-order valence-corrected chi connectivity index (χ2v) is 10.7. The van der Waals surface area contributed by atoms with E-state index in [2.05, 4.69) is 6.92 Å². The number of carbonyl (C=O) groups excluding carboxylic acids is 3. The van der Waals surface area contributed by atoms with Crippen LogP contribution in [0.4, 0.5) is 0 Å². The van der Waals surface area contributed by atoms with E-state index in [1.165, 1.54) is 32.1 Å². The average molecular weight is 521 g/mol. The summed E-state index contributed by atoms with van der Waals surface area (Å²) in [6, 6.07) is 0. The van der Waals surface area contributed by atoms with Crippen molar-refractivity contribution in [3.8, 4) is 0 Å². The van der Waals surface area contributed by atoms with Gasteiger partial charge in [0, 0.05) is 19.6 Å². The standard InChI is InChI=1S/C23H40N2O9S/c1-3-5-6-7-8-9-10-12-17(4-2)34-14-11-13-25-21(28)18(35(31,32)33)15-19(26)23(25,22(29)30)16-20(24)27/h17-18H,3-16H2,1-2H3,(H2,24,27)(H,29,30)(H,31,32,33)/t17?,18?,23-/m1/s1. The molecule has 1 rings (SSSR count). The summed E-state index contributed by atoms with van der Waals surface area (Å²) in [7, 11) is -4.97. The Bertz CT molecular complexity index is 846. The molecule has 12 heteroatoms. The number of likely N-dealkylation sites (tertiary alicyclic amines) is 1. The Morgan fingerprint density at radius 1 is 1.11 bits per heavy atom. The number of hydrogen-bond acceptors (Lipinski definition) is 7. The van der Waals surface area contributed by atoms with E-state index >= 15 is 0 Å². The number of carbonyl (C=O) groups is 4. The number of amides is 2. The summed E-state index contributed by atoms with van der Waals surface area (Å²) in [5.41, 5.74) is 2.54. The van der Waals surface area contributed by atoms with Gasteiger partial charge in [0.15, 0.2) is 11.0 Å². The maximum atomic E-state index is 12.9. The molecule has 1 aliphatic heterocycles. The average Bonchev–Trinajstić information content (AvgIpc) is 2.76. The second-order valence-electron chi connectivity index (χ2n) is 9.09. The number of carboxylic acids is 1. The summed E-state index contributed by atoms with van der Waals surface area (Å²) in [5.74, 6) is -5.36. The largest absolute Gasteiger partial charge is 0.479 e. The van der Waals surface area contributed by atoms with Gasteiger partial charge < -0.3 is 20.5 Å². The zero-order chi connectivity index (χ0) is 26.6. The lowest BCUT2D eigenvalue weighted by molar-refractivity contribution is -0.170. The number of unbranched alkanes of at least 4 members (excludes halogenated alkanes) is 6. The van der Waals surface area contributed by atoms with Gasteiger partial charge in [0.2, 0.25) is 17.4 Å². The quantitative estimate of drug-likeness (QED) is 0.138. The summed E-state index contributed by atoms with van der Waals surface area (Å²) in [6.45, 7) is 3.94. The zero-order valence-electron chi connectivity index (χ0n) is 20.7. The van der Waals surface area contributed by atoms with Crippen molar-refractivity contribution in [2.45, 2.75) is 108 Å². The Hall–Kier alpha value is -2.05. The molecule has 3 atom stereocenters. The lowest BCUT2D eigenvalue weighted by atomic mass is 9.81. The van der Waals surface area contributed by atoms with Gasteiger partial charge >= 0.3 is 5.97 Å². The fourth-order valence-electron chi connectivity index (χ4n) is 4.43. The number of nitrogens with zero attached hydrogens (tertiary/aromatic N) is 1. The molecule has 0 radical (unpaired) electrons. The minimum atomic E-state index is -4.97. The number of carboxylic acid groups (broad SMARTS) is 1. The molecule has 2 amide bonds. The minimum Gasteiger partial charge on any atom is -0.479 e. The molecule has 2 unspecified atom stereocenters. The van der Waals surface area contributed by atoms with E-state index in [1.54, 1.807) is 0 Å². The predicted octanol–water partition coefficient (Wildman–Crippen LogP) is 2.07. The van der Waals surface area contributed by atoms with Crippen LogP contribution in [-0.4, -0.2) is 76.6 Å². The third kappa shape index (κ3) is 8.84. The van der Waals surface area contributed by atoms with Crippen LogP contribution in [0.3, 0.4) is 0 Å². The maximum Gasteiger partial charge on any atom is 0.338 e. The van der Waals surface area contributed by atoms with Gasteiger partial charge in [0.25, 0.3) is 10.1 Å². The van der Waals surface area contributed by atoms with Crippen molar-refractivity contribution in [1.29, 1.82) is 0 Å². The molecule has 0 aromatic heterocycles. The van der Waals surface area contributed by atoms with Gasteiger partial charge in [-0.15, -0.1) is 0 Å². The summed E-state index contributed by atoms with van der Waals surface area (Å²) in [6.07, 6.45) is 7.86. The molecule has 1 saturated heterocycles. The molecule has 0 aromatic carbocycles. The van der Waals surface area contributed by atoms with Crippen molar-refractivity contribution < 1.29 is 42.0 Å². The first kappa shape index (κ1) is 31.0. The molecule has 0 aliphatic carbocycles. The van der Waals surface area contributed by atoms with Crippen molar-refractivity contribution in [2.75, 3.05) is 13.2 Å². The molecule has 0 bridgehead atoms. The number of nitrogens with two attached hydrogens (primary N) is 1. The lowest BCUT2D eigenvalue weighted by Crippen LogP contribution is -2.70. The minimum absolute atomic E-state index is 0.0234. The van der Waals surface area contributed by atoms with E-state index in [9.17, 15) is 37.3 Å². The Morgan fingerprint density at radius 2 is 1.71 bits per heavy atom. The van der Waals surface area contributed by atoms with Crippen molar-refractivity contribution in [1.82, 2.24) is 4.90 Å². The molecule has 4 N–H and O–H groups in total. The van der Waals surface area contributed by atoms with E-state index in [1.807, 2.05) is 6.92 Å². The normalized spacial score (nSPS) is 21.8. The van der Waals surface area contributed by atoms with Crippen LogP contribution in [0.15, 0.2) is 0 Å². The fraction of sp³-hybridized carbons (Fsp3) is 0.826.